The summed E-state index contributed by atoms with van der Waals surface area (Å²) in [6.07, 6.45) is 4.90. The molecule has 1 heterocycles. The van der Waals surface area contributed by atoms with Crippen LogP contribution in [0.15, 0.2) is 35.1 Å². The molecule has 1 unspecified atom stereocenters. The summed E-state index contributed by atoms with van der Waals surface area (Å²) in [5, 5.41) is 4.35. The molecule has 2 aromatic rings. The molecule has 0 aliphatic heterocycles. The van der Waals surface area contributed by atoms with Gasteiger partial charge in [-0.3, -0.25) is 10.5 Å². The maximum Gasteiger partial charge on any atom is 0.119 e. The van der Waals surface area contributed by atoms with Gasteiger partial charge in [-0.25, -0.2) is 5.43 Å². The van der Waals surface area contributed by atoms with Gasteiger partial charge in [-0.05, 0) is 30.2 Å². The predicted octanol–water partition coefficient (Wildman–Crippen LogP) is 2.62. The first-order chi connectivity index (χ1) is 9.69. The van der Waals surface area contributed by atoms with E-state index in [0.29, 0.717) is 0 Å². The van der Waals surface area contributed by atoms with Crippen molar-refractivity contribution < 1.29 is 4.74 Å². The average molecular weight is 339 g/mol. The Balaban J connectivity index is 2.35. The lowest BCUT2D eigenvalue weighted by Gasteiger charge is -2.17. The van der Waals surface area contributed by atoms with Gasteiger partial charge in [0.1, 0.15) is 5.75 Å². The Morgan fingerprint density at radius 2 is 2.30 bits per heavy atom. The highest BCUT2D eigenvalue weighted by Crippen LogP contribution is 2.31. The van der Waals surface area contributed by atoms with Crippen LogP contribution in [0.5, 0.6) is 5.75 Å². The van der Waals surface area contributed by atoms with Crippen molar-refractivity contribution in [3.63, 3.8) is 0 Å². The molecule has 0 saturated carbocycles. The Labute approximate surface area is 127 Å². The monoisotopic (exact) mass is 338 g/mol. The number of nitrogens with zero attached hydrogens (tertiary/aromatic N) is 2. The SMILES string of the molecule is CCCn1cc(C(NN)c2cc(OC)ccc2Br)cn1. The van der Waals surface area contributed by atoms with Crippen LogP contribution in [-0.4, -0.2) is 16.9 Å². The van der Waals surface area contributed by atoms with E-state index < -0.39 is 0 Å². The van der Waals surface area contributed by atoms with Gasteiger partial charge < -0.3 is 4.74 Å². The second-order valence-electron chi connectivity index (χ2n) is 4.52. The lowest BCUT2D eigenvalue weighted by molar-refractivity contribution is 0.413. The number of aromatic nitrogens is 2. The molecule has 3 N–H and O–H groups in total. The van der Waals surface area contributed by atoms with Crippen LogP contribution in [0.3, 0.4) is 0 Å². The highest BCUT2D eigenvalue weighted by molar-refractivity contribution is 9.10. The molecule has 108 valence electrons. The molecule has 20 heavy (non-hydrogen) atoms. The highest BCUT2D eigenvalue weighted by atomic mass is 79.9. The second-order valence-corrected chi connectivity index (χ2v) is 5.38. The summed E-state index contributed by atoms with van der Waals surface area (Å²) in [5.41, 5.74) is 4.88. The van der Waals surface area contributed by atoms with E-state index in [2.05, 4.69) is 33.4 Å². The normalized spacial score (nSPS) is 12.4. The first-order valence-corrected chi connectivity index (χ1v) is 7.30. The van der Waals surface area contributed by atoms with Gasteiger partial charge in [-0.1, -0.05) is 22.9 Å². The third-order valence-corrected chi connectivity index (χ3v) is 3.84. The van der Waals surface area contributed by atoms with Crippen molar-refractivity contribution in [2.45, 2.75) is 25.9 Å². The zero-order chi connectivity index (χ0) is 14.5. The number of halogens is 1. The molecule has 1 atom stereocenters. The zero-order valence-corrected chi connectivity index (χ0v) is 13.2. The predicted molar refractivity (Wildman–Crippen MR) is 82.4 cm³/mol. The van der Waals surface area contributed by atoms with E-state index in [1.807, 2.05) is 35.3 Å². The Morgan fingerprint density at radius 3 is 2.95 bits per heavy atom. The van der Waals surface area contributed by atoms with E-state index in [4.69, 9.17) is 10.6 Å². The molecule has 0 saturated heterocycles. The van der Waals surface area contributed by atoms with Crippen molar-refractivity contribution in [3.8, 4) is 5.75 Å². The van der Waals surface area contributed by atoms with Crippen molar-refractivity contribution in [2.24, 2.45) is 5.84 Å². The fourth-order valence-electron chi connectivity index (χ4n) is 2.12. The number of hydrogen-bond acceptors (Lipinski definition) is 4. The van der Waals surface area contributed by atoms with Crippen LogP contribution < -0.4 is 16.0 Å². The number of nitrogens with one attached hydrogen (secondary N) is 1. The maximum absolute atomic E-state index is 5.73. The fraction of sp³-hybridized carbons (Fsp3) is 0.357. The summed E-state index contributed by atoms with van der Waals surface area (Å²) in [6, 6.07) is 5.69. The molecule has 0 aliphatic rings. The number of hydrazine groups is 1. The summed E-state index contributed by atoms with van der Waals surface area (Å²) in [5.74, 6) is 6.53. The number of rotatable bonds is 6. The Morgan fingerprint density at radius 1 is 1.50 bits per heavy atom. The van der Waals surface area contributed by atoms with E-state index in [1.165, 1.54) is 0 Å². The second kappa shape index (κ2) is 6.88. The molecule has 2 rings (SSSR count). The molecule has 0 radical (unpaired) electrons. The first kappa shape index (κ1) is 15.0. The van der Waals surface area contributed by atoms with Gasteiger partial charge in [0.2, 0.25) is 0 Å². The van der Waals surface area contributed by atoms with Gasteiger partial charge in [0.25, 0.3) is 0 Å². The number of benzene rings is 1. The van der Waals surface area contributed by atoms with Gasteiger partial charge in [-0.2, -0.15) is 5.10 Å². The highest BCUT2D eigenvalue weighted by Gasteiger charge is 2.18. The number of ether oxygens (including phenoxy) is 1. The first-order valence-electron chi connectivity index (χ1n) is 6.51. The minimum atomic E-state index is -0.134. The van der Waals surface area contributed by atoms with Crippen LogP contribution >= 0.6 is 15.9 Å². The summed E-state index contributed by atoms with van der Waals surface area (Å²) in [7, 11) is 1.65. The fourth-order valence-corrected chi connectivity index (χ4v) is 2.59. The quantitative estimate of drug-likeness (QED) is 0.627. The maximum atomic E-state index is 5.73. The summed E-state index contributed by atoms with van der Waals surface area (Å²) >= 11 is 3.56. The molecule has 0 fully saturated rings. The van der Waals surface area contributed by atoms with Gasteiger partial charge >= 0.3 is 0 Å². The third-order valence-electron chi connectivity index (χ3n) is 3.12. The van der Waals surface area contributed by atoms with Crippen molar-refractivity contribution in [1.29, 1.82) is 0 Å². The van der Waals surface area contributed by atoms with Gasteiger partial charge in [0.05, 0.1) is 19.3 Å². The molecule has 0 spiro atoms. The summed E-state index contributed by atoms with van der Waals surface area (Å²) in [6.45, 7) is 3.02. The van der Waals surface area contributed by atoms with Crippen LogP contribution in [0.2, 0.25) is 0 Å². The van der Waals surface area contributed by atoms with E-state index in [9.17, 15) is 0 Å². The number of methoxy groups -OCH3 is 1. The zero-order valence-electron chi connectivity index (χ0n) is 11.6. The minimum Gasteiger partial charge on any atom is -0.497 e. The molecule has 1 aromatic carbocycles. The largest absolute Gasteiger partial charge is 0.497 e. The third kappa shape index (κ3) is 3.20. The van der Waals surface area contributed by atoms with E-state index in [0.717, 1.165) is 34.3 Å². The minimum absolute atomic E-state index is 0.134. The van der Waals surface area contributed by atoms with Crippen molar-refractivity contribution in [1.82, 2.24) is 15.2 Å². The molecule has 0 amide bonds. The van der Waals surface area contributed by atoms with Crippen LogP contribution in [0, 0.1) is 0 Å². The summed E-state index contributed by atoms with van der Waals surface area (Å²) in [4.78, 5) is 0. The standard InChI is InChI=1S/C14H19BrN4O/c1-3-6-19-9-10(8-17-19)14(18-16)12-7-11(20-2)4-5-13(12)15/h4-5,7-9,14,18H,3,6,16H2,1-2H3. The number of nitrogens with two attached hydrogens (primary N) is 1. The number of aryl methyl sites for hydroxylation is 1. The van der Waals surface area contributed by atoms with Crippen LogP contribution in [0.1, 0.15) is 30.5 Å². The van der Waals surface area contributed by atoms with E-state index >= 15 is 0 Å². The topological polar surface area (TPSA) is 65.1 Å². The molecule has 1 aromatic heterocycles. The van der Waals surface area contributed by atoms with Gasteiger partial charge in [0.15, 0.2) is 0 Å². The van der Waals surface area contributed by atoms with Gasteiger partial charge in [0, 0.05) is 22.8 Å². The molecular formula is C14H19BrN4O. The number of hydrogen-bond donors (Lipinski definition) is 2. The van der Waals surface area contributed by atoms with Crippen LogP contribution in [0.25, 0.3) is 0 Å². The molecule has 6 heteroatoms. The Kier molecular flexibility index (Phi) is 5.17. The summed E-state index contributed by atoms with van der Waals surface area (Å²) < 4.78 is 8.17. The van der Waals surface area contributed by atoms with E-state index in [-0.39, 0.29) is 6.04 Å². The van der Waals surface area contributed by atoms with Gasteiger partial charge in [-0.15, -0.1) is 0 Å². The van der Waals surface area contributed by atoms with Crippen LogP contribution in [0.4, 0.5) is 0 Å². The average Bonchev–Trinajstić information content (AvgIpc) is 2.90. The van der Waals surface area contributed by atoms with Crippen molar-refractivity contribution in [3.05, 3.63) is 46.2 Å². The van der Waals surface area contributed by atoms with Crippen molar-refractivity contribution in [2.75, 3.05) is 7.11 Å². The van der Waals surface area contributed by atoms with Crippen LogP contribution in [-0.2, 0) is 6.54 Å². The Hall–Kier alpha value is -1.37. The lowest BCUT2D eigenvalue weighted by Crippen LogP contribution is -2.28. The van der Waals surface area contributed by atoms with E-state index in [1.54, 1.807) is 7.11 Å². The molecule has 0 bridgehead atoms. The lowest BCUT2D eigenvalue weighted by atomic mass is 10.0. The Bertz CT molecular complexity index is 570. The van der Waals surface area contributed by atoms with Crippen molar-refractivity contribution >= 4 is 15.9 Å². The molecular weight excluding hydrogens is 320 g/mol. The molecule has 0 aliphatic carbocycles. The molecule has 5 nitrogen and oxygen atoms in total. The smallest absolute Gasteiger partial charge is 0.119 e.